The van der Waals surface area contributed by atoms with E-state index in [1.54, 1.807) is 6.07 Å². The van der Waals surface area contributed by atoms with E-state index in [-0.39, 0.29) is 24.6 Å². The number of para-hydroxylation sites is 1. The first kappa shape index (κ1) is 24.1. The maximum absolute atomic E-state index is 13.9. The molecule has 0 bridgehead atoms. The van der Waals surface area contributed by atoms with Gasteiger partial charge in [0.2, 0.25) is 5.91 Å². The summed E-state index contributed by atoms with van der Waals surface area (Å²) in [7, 11) is 0. The first-order valence-electron chi connectivity index (χ1n) is 11.3. The highest BCUT2D eigenvalue weighted by molar-refractivity contribution is 5.97. The van der Waals surface area contributed by atoms with Gasteiger partial charge in [0.1, 0.15) is 11.6 Å². The second-order valence-corrected chi connectivity index (χ2v) is 8.59. The summed E-state index contributed by atoms with van der Waals surface area (Å²) in [6.45, 7) is 4.25. The van der Waals surface area contributed by atoms with E-state index in [9.17, 15) is 23.2 Å². The molecule has 0 aliphatic carbocycles. The van der Waals surface area contributed by atoms with Gasteiger partial charge < -0.3 is 9.47 Å². The quantitative estimate of drug-likeness (QED) is 0.559. The number of hydrazine groups is 1. The van der Waals surface area contributed by atoms with Gasteiger partial charge in [-0.1, -0.05) is 18.2 Å². The third-order valence-electron chi connectivity index (χ3n) is 6.30. The lowest BCUT2D eigenvalue weighted by molar-refractivity contribution is -0.127. The number of nitrogens with zero attached hydrogens (tertiary/aromatic N) is 2. The predicted octanol–water partition coefficient (Wildman–Crippen LogP) is 3.69. The molecule has 1 aromatic heterocycles. The van der Waals surface area contributed by atoms with Gasteiger partial charge in [-0.25, -0.2) is 8.78 Å². The van der Waals surface area contributed by atoms with Gasteiger partial charge >= 0.3 is 0 Å². The lowest BCUT2D eigenvalue weighted by atomic mass is 9.95. The number of hydrogen-bond acceptors (Lipinski definition) is 3. The van der Waals surface area contributed by atoms with Crippen molar-refractivity contribution < 1.29 is 23.2 Å². The Kier molecular flexibility index (Phi) is 6.95. The molecule has 4 rings (SSSR count). The number of aryl methyl sites for hydroxylation is 1. The Labute approximate surface area is 201 Å². The third kappa shape index (κ3) is 5.08. The summed E-state index contributed by atoms with van der Waals surface area (Å²) in [6, 6.07) is 14.3. The number of halogens is 2. The summed E-state index contributed by atoms with van der Waals surface area (Å²) < 4.78 is 29.0. The van der Waals surface area contributed by atoms with E-state index in [2.05, 4.69) is 10.9 Å². The standard InChI is InChI=1S/C26H26F2N4O3/c1-16-14-22(17(2)32(16)20-6-4-3-5-7-20)25(34)30-29-24(33)18-10-12-31(13-11-18)26(35)21-9-8-19(27)15-23(21)28/h3-9,14-15,18H,10-13H2,1-2H3,(H,29,33)(H,30,34). The predicted molar refractivity (Wildman–Crippen MR) is 126 cm³/mol. The third-order valence-corrected chi connectivity index (χ3v) is 6.30. The molecule has 3 aromatic rings. The molecule has 1 fully saturated rings. The average molecular weight is 481 g/mol. The van der Waals surface area contributed by atoms with Crippen LogP contribution in [0.2, 0.25) is 0 Å². The SMILES string of the molecule is Cc1cc(C(=O)NNC(=O)C2CCN(C(=O)c3ccc(F)cc3F)CC2)c(C)n1-c1ccccc1. The van der Waals surface area contributed by atoms with Crippen LogP contribution < -0.4 is 10.9 Å². The molecule has 35 heavy (non-hydrogen) atoms. The van der Waals surface area contributed by atoms with Crippen molar-refractivity contribution in [2.45, 2.75) is 26.7 Å². The minimum absolute atomic E-state index is 0.199. The molecule has 0 unspecified atom stereocenters. The number of likely N-dealkylation sites (tertiary alicyclic amines) is 1. The highest BCUT2D eigenvalue weighted by Gasteiger charge is 2.29. The largest absolute Gasteiger partial charge is 0.339 e. The minimum Gasteiger partial charge on any atom is -0.339 e. The van der Waals surface area contributed by atoms with Crippen LogP contribution in [0.3, 0.4) is 0 Å². The highest BCUT2D eigenvalue weighted by Crippen LogP contribution is 2.22. The lowest BCUT2D eigenvalue weighted by Crippen LogP contribution is -2.48. The van der Waals surface area contributed by atoms with E-state index in [4.69, 9.17) is 0 Å². The monoisotopic (exact) mass is 480 g/mol. The van der Waals surface area contributed by atoms with E-state index in [1.807, 2.05) is 48.7 Å². The number of hydrogen-bond donors (Lipinski definition) is 2. The Bertz CT molecular complexity index is 1270. The maximum atomic E-state index is 13.9. The molecule has 0 spiro atoms. The van der Waals surface area contributed by atoms with Gasteiger partial charge in [-0.15, -0.1) is 0 Å². The fraction of sp³-hybridized carbons (Fsp3) is 0.269. The van der Waals surface area contributed by atoms with Gasteiger partial charge in [-0.3, -0.25) is 25.2 Å². The molecule has 1 aliphatic rings. The van der Waals surface area contributed by atoms with Crippen LogP contribution in [0.5, 0.6) is 0 Å². The number of rotatable bonds is 4. The molecule has 9 heteroatoms. The van der Waals surface area contributed by atoms with Gasteiger partial charge in [0, 0.05) is 42.1 Å². The van der Waals surface area contributed by atoms with Crippen LogP contribution in [0.1, 0.15) is 44.9 Å². The molecule has 2 heterocycles. The molecule has 3 amide bonds. The summed E-state index contributed by atoms with van der Waals surface area (Å²) in [6.07, 6.45) is 0.720. The van der Waals surface area contributed by atoms with Crippen LogP contribution in [0.25, 0.3) is 5.69 Å². The molecule has 0 atom stereocenters. The number of carbonyl (C=O) groups is 3. The molecule has 0 saturated carbocycles. The van der Waals surface area contributed by atoms with Crippen LogP contribution in [0, 0.1) is 31.4 Å². The van der Waals surface area contributed by atoms with Gasteiger partial charge in [-0.2, -0.15) is 0 Å². The number of nitrogens with one attached hydrogen (secondary N) is 2. The number of benzene rings is 2. The number of piperidine rings is 1. The average Bonchev–Trinajstić information content (AvgIpc) is 3.16. The van der Waals surface area contributed by atoms with Gasteiger partial charge in [0.25, 0.3) is 11.8 Å². The molecule has 7 nitrogen and oxygen atoms in total. The summed E-state index contributed by atoms with van der Waals surface area (Å²) in [5, 5.41) is 0. The van der Waals surface area contributed by atoms with E-state index in [1.165, 1.54) is 4.90 Å². The molecular formula is C26H26F2N4O3. The maximum Gasteiger partial charge on any atom is 0.271 e. The summed E-state index contributed by atoms with van der Waals surface area (Å²) in [5.41, 5.74) is 7.80. The Morgan fingerprint density at radius 1 is 0.886 bits per heavy atom. The van der Waals surface area contributed by atoms with E-state index in [0.717, 1.165) is 29.2 Å². The second-order valence-electron chi connectivity index (χ2n) is 8.59. The van der Waals surface area contributed by atoms with Crippen LogP contribution in [0.4, 0.5) is 8.78 Å². The summed E-state index contributed by atoms with van der Waals surface area (Å²) in [4.78, 5) is 39.4. The van der Waals surface area contributed by atoms with E-state index in [0.29, 0.717) is 24.5 Å². The zero-order chi connectivity index (χ0) is 25.1. The number of amides is 3. The fourth-order valence-corrected chi connectivity index (χ4v) is 4.43. The van der Waals surface area contributed by atoms with Crippen LogP contribution in [-0.4, -0.2) is 40.3 Å². The van der Waals surface area contributed by atoms with Crippen molar-refractivity contribution >= 4 is 17.7 Å². The Balaban J connectivity index is 1.32. The minimum atomic E-state index is -0.913. The van der Waals surface area contributed by atoms with Crippen LogP contribution >= 0.6 is 0 Å². The van der Waals surface area contributed by atoms with Gasteiger partial charge in [-0.05, 0) is 57.0 Å². The van der Waals surface area contributed by atoms with E-state index < -0.39 is 29.4 Å². The lowest BCUT2D eigenvalue weighted by Gasteiger charge is -2.31. The molecule has 1 saturated heterocycles. The van der Waals surface area contributed by atoms with Crippen molar-refractivity contribution in [3.8, 4) is 5.69 Å². The van der Waals surface area contributed by atoms with Crippen molar-refractivity contribution in [2.24, 2.45) is 5.92 Å². The van der Waals surface area contributed by atoms with Crippen molar-refractivity contribution in [3.63, 3.8) is 0 Å². The van der Waals surface area contributed by atoms with Crippen LogP contribution in [0.15, 0.2) is 54.6 Å². The fourth-order valence-electron chi connectivity index (χ4n) is 4.43. The van der Waals surface area contributed by atoms with E-state index >= 15 is 0 Å². The Morgan fingerprint density at radius 2 is 1.57 bits per heavy atom. The molecular weight excluding hydrogens is 454 g/mol. The van der Waals surface area contributed by atoms with Crippen molar-refractivity contribution in [2.75, 3.05) is 13.1 Å². The number of carbonyl (C=O) groups excluding carboxylic acids is 3. The second kappa shape index (κ2) is 10.1. The zero-order valence-corrected chi connectivity index (χ0v) is 19.5. The van der Waals surface area contributed by atoms with Crippen molar-refractivity contribution in [1.29, 1.82) is 0 Å². The van der Waals surface area contributed by atoms with Gasteiger partial charge in [0.15, 0.2) is 0 Å². The number of aromatic nitrogens is 1. The normalized spacial score (nSPS) is 14.0. The summed E-state index contributed by atoms with van der Waals surface area (Å²) >= 11 is 0. The van der Waals surface area contributed by atoms with Crippen molar-refractivity contribution in [3.05, 3.63) is 88.7 Å². The summed E-state index contributed by atoms with van der Waals surface area (Å²) in [5.74, 6) is -3.39. The molecule has 1 aliphatic heterocycles. The first-order valence-corrected chi connectivity index (χ1v) is 11.3. The van der Waals surface area contributed by atoms with Crippen molar-refractivity contribution in [1.82, 2.24) is 20.3 Å². The molecule has 2 N–H and O–H groups in total. The highest BCUT2D eigenvalue weighted by atomic mass is 19.1. The zero-order valence-electron chi connectivity index (χ0n) is 19.5. The molecule has 2 aromatic carbocycles. The Hall–Kier alpha value is -4.01. The van der Waals surface area contributed by atoms with Crippen LogP contribution in [-0.2, 0) is 4.79 Å². The molecule has 0 radical (unpaired) electrons. The molecule has 182 valence electrons. The topological polar surface area (TPSA) is 83.4 Å². The Morgan fingerprint density at radius 3 is 2.23 bits per heavy atom. The first-order chi connectivity index (χ1) is 16.8. The van der Waals surface area contributed by atoms with Gasteiger partial charge in [0.05, 0.1) is 11.1 Å². The smallest absolute Gasteiger partial charge is 0.271 e.